The molecule has 0 amide bonds. The van der Waals surface area contributed by atoms with Crippen LogP contribution in [0.4, 0.5) is 4.39 Å². The Hall–Kier alpha value is -1.25. The second-order valence-electron chi connectivity index (χ2n) is 2.67. The van der Waals surface area contributed by atoms with Crippen LogP contribution in [0.25, 0.3) is 0 Å². The lowest BCUT2D eigenvalue weighted by Crippen LogP contribution is -1.96. The van der Waals surface area contributed by atoms with E-state index in [1.54, 1.807) is 6.07 Å². The number of hydrogen-bond donors (Lipinski definition) is 0. The molecule has 1 heterocycles. The molecule has 0 aliphatic rings. The standard InChI is InChI=1S/C9H10FNO/c1-7(12)2-3-8-4-5-11-6-9(8)10/h4-6H,2-3H2,1H3. The van der Waals surface area contributed by atoms with E-state index in [2.05, 4.69) is 4.98 Å². The summed E-state index contributed by atoms with van der Waals surface area (Å²) in [5.41, 5.74) is 0.556. The van der Waals surface area contributed by atoms with E-state index in [1.807, 2.05) is 0 Å². The molecule has 0 aromatic carbocycles. The summed E-state index contributed by atoms with van der Waals surface area (Å²) in [6.07, 6.45) is 3.54. The van der Waals surface area contributed by atoms with Gasteiger partial charge < -0.3 is 4.79 Å². The number of aromatic nitrogens is 1. The van der Waals surface area contributed by atoms with Gasteiger partial charge in [-0.25, -0.2) is 4.39 Å². The maximum absolute atomic E-state index is 12.9. The zero-order valence-electron chi connectivity index (χ0n) is 6.88. The third kappa shape index (κ3) is 2.42. The maximum Gasteiger partial charge on any atom is 0.144 e. The van der Waals surface area contributed by atoms with Crippen LogP contribution in [0, 0.1) is 5.82 Å². The van der Waals surface area contributed by atoms with Crippen molar-refractivity contribution in [1.82, 2.24) is 4.98 Å². The summed E-state index contributed by atoms with van der Waals surface area (Å²) in [6, 6.07) is 1.60. The van der Waals surface area contributed by atoms with E-state index in [0.29, 0.717) is 18.4 Å². The van der Waals surface area contributed by atoms with Crippen molar-refractivity contribution in [3.8, 4) is 0 Å². The van der Waals surface area contributed by atoms with E-state index >= 15 is 0 Å². The third-order valence-electron chi connectivity index (χ3n) is 1.60. The summed E-state index contributed by atoms with van der Waals surface area (Å²) in [7, 11) is 0. The highest BCUT2D eigenvalue weighted by atomic mass is 19.1. The molecule has 0 unspecified atom stereocenters. The smallest absolute Gasteiger partial charge is 0.144 e. The molecule has 12 heavy (non-hydrogen) atoms. The number of aryl methyl sites for hydroxylation is 1. The van der Waals surface area contributed by atoms with Crippen molar-refractivity contribution in [2.45, 2.75) is 19.8 Å². The molecule has 0 spiro atoms. The summed E-state index contributed by atoms with van der Waals surface area (Å²) in [5.74, 6) is -0.259. The third-order valence-corrected chi connectivity index (χ3v) is 1.60. The monoisotopic (exact) mass is 167 g/mol. The molecule has 0 atom stereocenters. The van der Waals surface area contributed by atoms with E-state index in [-0.39, 0.29) is 11.6 Å². The van der Waals surface area contributed by atoms with Crippen molar-refractivity contribution in [2.24, 2.45) is 0 Å². The van der Waals surface area contributed by atoms with Gasteiger partial charge in [-0.05, 0) is 25.0 Å². The highest BCUT2D eigenvalue weighted by Gasteiger charge is 2.01. The van der Waals surface area contributed by atoms with Crippen molar-refractivity contribution in [3.05, 3.63) is 29.8 Å². The minimum absolute atomic E-state index is 0.0752. The number of Topliss-reactive ketones (excluding diaryl/α,β-unsaturated/α-hetero) is 1. The van der Waals surface area contributed by atoms with E-state index < -0.39 is 0 Å². The summed E-state index contributed by atoms with van der Waals surface area (Å²) >= 11 is 0. The fraction of sp³-hybridized carbons (Fsp3) is 0.333. The zero-order chi connectivity index (χ0) is 8.97. The summed E-state index contributed by atoms with van der Waals surface area (Å²) in [5, 5.41) is 0. The Labute approximate surface area is 70.4 Å². The molecule has 0 radical (unpaired) electrons. The molecule has 1 aromatic rings. The lowest BCUT2D eigenvalue weighted by molar-refractivity contribution is -0.116. The average Bonchev–Trinajstić information content (AvgIpc) is 2.03. The fourth-order valence-electron chi connectivity index (χ4n) is 0.917. The largest absolute Gasteiger partial charge is 0.300 e. The van der Waals surface area contributed by atoms with Crippen molar-refractivity contribution in [1.29, 1.82) is 0 Å². The van der Waals surface area contributed by atoms with Crippen LogP contribution in [0.1, 0.15) is 18.9 Å². The number of nitrogens with zero attached hydrogens (tertiary/aromatic N) is 1. The van der Waals surface area contributed by atoms with Crippen molar-refractivity contribution >= 4 is 5.78 Å². The highest BCUT2D eigenvalue weighted by molar-refractivity contribution is 5.75. The van der Waals surface area contributed by atoms with Crippen LogP contribution in [-0.4, -0.2) is 10.8 Å². The van der Waals surface area contributed by atoms with Crippen LogP contribution in [0.2, 0.25) is 0 Å². The van der Waals surface area contributed by atoms with E-state index in [0.717, 1.165) is 6.20 Å². The molecular weight excluding hydrogens is 157 g/mol. The molecule has 0 aliphatic heterocycles. The Morgan fingerprint density at radius 1 is 1.67 bits per heavy atom. The Kier molecular flexibility index (Phi) is 2.91. The Bertz CT molecular complexity index is 286. The first-order chi connectivity index (χ1) is 5.70. The Morgan fingerprint density at radius 3 is 3.00 bits per heavy atom. The summed E-state index contributed by atoms with van der Waals surface area (Å²) < 4.78 is 12.9. The second kappa shape index (κ2) is 3.95. The van der Waals surface area contributed by atoms with E-state index in [1.165, 1.54) is 13.1 Å². The maximum atomic E-state index is 12.9. The second-order valence-corrected chi connectivity index (χ2v) is 2.67. The molecule has 2 nitrogen and oxygen atoms in total. The van der Waals surface area contributed by atoms with Gasteiger partial charge in [0.2, 0.25) is 0 Å². The molecule has 3 heteroatoms. The lowest BCUT2D eigenvalue weighted by Gasteiger charge is -1.98. The van der Waals surface area contributed by atoms with Gasteiger partial charge in [-0.15, -0.1) is 0 Å². The minimum Gasteiger partial charge on any atom is -0.300 e. The first-order valence-electron chi connectivity index (χ1n) is 3.78. The van der Waals surface area contributed by atoms with Gasteiger partial charge in [0.15, 0.2) is 0 Å². The van der Waals surface area contributed by atoms with Crippen LogP contribution in [0.15, 0.2) is 18.5 Å². The van der Waals surface area contributed by atoms with Crippen LogP contribution in [0.5, 0.6) is 0 Å². The minimum atomic E-state index is -0.334. The lowest BCUT2D eigenvalue weighted by atomic mass is 10.1. The summed E-state index contributed by atoms with van der Waals surface area (Å²) in [4.78, 5) is 14.2. The van der Waals surface area contributed by atoms with E-state index in [4.69, 9.17) is 0 Å². The van der Waals surface area contributed by atoms with Crippen LogP contribution in [-0.2, 0) is 11.2 Å². The quantitative estimate of drug-likeness (QED) is 0.686. The van der Waals surface area contributed by atoms with Crippen LogP contribution >= 0.6 is 0 Å². The Balaban J connectivity index is 2.63. The highest BCUT2D eigenvalue weighted by Crippen LogP contribution is 2.06. The molecule has 0 bridgehead atoms. The average molecular weight is 167 g/mol. The number of halogens is 1. The predicted molar refractivity (Wildman–Crippen MR) is 43.2 cm³/mol. The predicted octanol–water partition coefficient (Wildman–Crippen LogP) is 1.74. The van der Waals surface area contributed by atoms with Gasteiger partial charge in [-0.3, -0.25) is 4.98 Å². The molecule has 0 saturated carbocycles. The zero-order valence-corrected chi connectivity index (χ0v) is 6.88. The summed E-state index contributed by atoms with van der Waals surface area (Å²) in [6.45, 7) is 1.50. The first-order valence-corrected chi connectivity index (χ1v) is 3.78. The number of rotatable bonds is 3. The van der Waals surface area contributed by atoms with Crippen LogP contribution in [0.3, 0.4) is 0 Å². The molecule has 1 aromatic heterocycles. The molecule has 1 rings (SSSR count). The van der Waals surface area contributed by atoms with Crippen molar-refractivity contribution in [2.75, 3.05) is 0 Å². The molecule has 0 fully saturated rings. The number of ketones is 1. The number of hydrogen-bond acceptors (Lipinski definition) is 2. The molecule has 0 aliphatic carbocycles. The van der Waals surface area contributed by atoms with Crippen molar-refractivity contribution in [3.63, 3.8) is 0 Å². The first kappa shape index (κ1) is 8.84. The molecule has 0 N–H and O–H groups in total. The van der Waals surface area contributed by atoms with Gasteiger partial charge in [0, 0.05) is 12.6 Å². The van der Waals surface area contributed by atoms with Gasteiger partial charge in [-0.1, -0.05) is 0 Å². The van der Waals surface area contributed by atoms with Gasteiger partial charge in [-0.2, -0.15) is 0 Å². The number of pyridine rings is 1. The molecular formula is C9H10FNO. The number of carbonyl (C=O) groups is 1. The normalized spacial score (nSPS) is 9.83. The van der Waals surface area contributed by atoms with Crippen LogP contribution < -0.4 is 0 Å². The number of carbonyl (C=O) groups excluding carboxylic acids is 1. The van der Waals surface area contributed by atoms with Gasteiger partial charge in [0.05, 0.1) is 6.20 Å². The van der Waals surface area contributed by atoms with Crippen molar-refractivity contribution < 1.29 is 9.18 Å². The van der Waals surface area contributed by atoms with Gasteiger partial charge in [0.1, 0.15) is 11.6 Å². The van der Waals surface area contributed by atoms with Gasteiger partial charge in [0.25, 0.3) is 0 Å². The topological polar surface area (TPSA) is 30.0 Å². The Morgan fingerprint density at radius 2 is 2.42 bits per heavy atom. The van der Waals surface area contributed by atoms with Gasteiger partial charge >= 0.3 is 0 Å². The molecule has 64 valence electrons. The van der Waals surface area contributed by atoms with E-state index in [9.17, 15) is 9.18 Å². The SMILES string of the molecule is CC(=O)CCc1ccncc1F. The fourth-order valence-corrected chi connectivity index (χ4v) is 0.917. The molecule has 0 saturated heterocycles.